The average Bonchev–Trinajstić information content (AvgIpc) is 2.81. The summed E-state index contributed by atoms with van der Waals surface area (Å²) in [4.78, 5) is 11.5. The molecule has 1 N–H and O–H groups in total. The van der Waals surface area contributed by atoms with E-state index in [1.165, 1.54) is 43.4 Å². The summed E-state index contributed by atoms with van der Waals surface area (Å²) in [5.74, 6) is -0.495. The zero-order valence-electron chi connectivity index (χ0n) is 17.9. The van der Waals surface area contributed by atoms with Gasteiger partial charge in [-0.2, -0.15) is 18.4 Å². The Balaban J connectivity index is 1.92. The minimum atomic E-state index is -4.70. The molecule has 0 aliphatic heterocycles. The highest BCUT2D eigenvalue weighted by Gasteiger charge is 2.33. The van der Waals surface area contributed by atoms with Crippen molar-refractivity contribution in [2.75, 3.05) is 11.4 Å². The standard InChI is InChI=1S/C23H17ClF3N3O4S/c1-29-22(31)10-14-2-4-16(5-3-14)30(35(32)33)17-6-9-21(15(11-17)13-28)34-18-7-8-20(24)19(12-18)23(25,26)27/h2-9,11-12H,10H2,1H3,(H,29,31)(H,32,33)/p-1. The number of carbonyl (C=O) groups is 1. The van der Waals surface area contributed by atoms with Gasteiger partial charge < -0.3 is 14.6 Å². The number of rotatable bonds is 7. The molecule has 35 heavy (non-hydrogen) atoms. The van der Waals surface area contributed by atoms with Crippen LogP contribution in [0, 0.1) is 11.3 Å². The molecule has 0 saturated heterocycles. The maximum absolute atomic E-state index is 13.1. The molecule has 1 unspecified atom stereocenters. The molecule has 7 nitrogen and oxygen atoms in total. The van der Waals surface area contributed by atoms with E-state index in [-0.39, 0.29) is 40.8 Å². The van der Waals surface area contributed by atoms with E-state index in [2.05, 4.69) is 5.32 Å². The first kappa shape index (κ1) is 26.0. The van der Waals surface area contributed by atoms with Gasteiger partial charge in [0, 0.05) is 7.05 Å². The van der Waals surface area contributed by atoms with Crippen molar-refractivity contribution < 1.29 is 31.5 Å². The van der Waals surface area contributed by atoms with Crippen molar-refractivity contribution in [3.05, 3.63) is 82.4 Å². The molecule has 0 fully saturated rings. The van der Waals surface area contributed by atoms with Crippen LogP contribution in [0.5, 0.6) is 11.5 Å². The Morgan fingerprint density at radius 2 is 1.80 bits per heavy atom. The minimum absolute atomic E-state index is 0.0794. The lowest BCUT2D eigenvalue weighted by molar-refractivity contribution is -0.137. The lowest BCUT2D eigenvalue weighted by atomic mass is 10.1. The van der Waals surface area contributed by atoms with E-state index in [9.17, 15) is 32.0 Å². The Bertz CT molecular complexity index is 1310. The van der Waals surface area contributed by atoms with Crippen molar-refractivity contribution in [2.45, 2.75) is 12.6 Å². The summed E-state index contributed by atoms with van der Waals surface area (Å²) in [6.07, 6.45) is -4.59. The third kappa shape index (κ3) is 6.30. The number of hydrogen-bond donors (Lipinski definition) is 1. The van der Waals surface area contributed by atoms with Crippen LogP contribution in [-0.4, -0.2) is 21.7 Å². The van der Waals surface area contributed by atoms with Gasteiger partial charge >= 0.3 is 6.18 Å². The van der Waals surface area contributed by atoms with Crippen molar-refractivity contribution in [3.8, 4) is 17.6 Å². The first-order valence-electron chi connectivity index (χ1n) is 9.81. The number of nitrogens with zero attached hydrogens (tertiary/aromatic N) is 2. The van der Waals surface area contributed by atoms with E-state index in [4.69, 9.17) is 16.3 Å². The largest absolute Gasteiger partial charge is 0.755 e. The van der Waals surface area contributed by atoms with Crippen LogP contribution in [0.2, 0.25) is 5.02 Å². The Hall–Kier alpha value is -3.59. The lowest BCUT2D eigenvalue weighted by Gasteiger charge is -2.27. The Morgan fingerprint density at radius 1 is 1.14 bits per heavy atom. The number of ether oxygens (including phenoxy) is 1. The maximum Gasteiger partial charge on any atom is 0.417 e. The number of halogens is 4. The lowest BCUT2D eigenvalue weighted by Crippen LogP contribution is -2.21. The van der Waals surface area contributed by atoms with Crippen LogP contribution in [0.25, 0.3) is 0 Å². The smallest absolute Gasteiger partial charge is 0.417 e. The third-order valence-corrected chi connectivity index (χ3v) is 5.80. The molecule has 182 valence electrons. The number of carbonyl (C=O) groups excluding carboxylic acids is 1. The van der Waals surface area contributed by atoms with Crippen molar-refractivity contribution in [2.24, 2.45) is 0 Å². The Labute approximate surface area is 206 Å². The summed E-state index contributed by atoms with van der Waals surface area (Å²) in [7, 11) is 1.50. The van der Waals surface area contributed by atoms with Crippen LogP contribution in [-0.2, 0) is 28.7 Å². The van der Waals surface area contributed by atoms with Gasteiger partial charge in [-0.15, -0.1) is 0 Å². The molecule has 0 spiro atoms. The Morgan fingerprint density at radius 3 is 2.37 bits per heavy atom. The van der Waals surface area contributed by atoms with Gasteiger partial charge in [0.25, 0.3) is 0 Å². The quantitative estimate of drug-likeness (QED) is 0.427. The van der Waals surface area contributed by atoms with Gasteiger partial charge in [-0.1, -0.05) is 23.7 Å². The van der Waals surface area contributed by atoms with Crippen LogP contribution >= 0.6 is 11.6 Å². The summed E-state index contributed by atoms with van der Waals surface area (Å²) >= 11 is 2.84. The summed E-state index contributed by atoms with van der Waals surface area (Å²) in [5.41, 5.74) is -0.220. The molecule has 0 aliphatic carbocycles. The fourth-order valence-corrected chi connectivity index (χ4v) is 3.88. The van der Waals surface area contributed by atoms with Crippen LogP contribution < -0.4 is 14.4 Å². The van der Waals surface area contributed by atoms with Gasteiger partial charge in [-0.3, -0.25) is 13.3 Å². The van der Waals surface area contributed by atoms with Crippen LogP contribution in [0.3, 0.4) is 0 Å². The molecule has 3 rings (SSSR count). The van der Waals surface area contributed by atoms with Gasteiger partial charge in [-0.05, 0) is 54.1 Å². The van der Waals surface area contributed by atoms with Crippen LogP contribution in [0.4, 0.5) is 24.5 Å². The molecule has 0 heterocycles. The fourth-order valence-electron chi connectivity index (χ4n) is 3.08. The molecule has 0 radical (unpaired) electrons. The van der Waals surface area contributed by atoms with Gasteiger partial charge in [0.2, 0.25) is 5.91 Å². The number of benzene rings is 3. The highest BCUT2D eigenvalue weighted by molar-refractivity contribution is 7.81. The zero-order valence-corrected chi connectivity index (χ0v) is 19.5. The second kappa shape index (κ2) is 10.8. The predicted octanol–water partition coefficient (Wildman–Crippen LogP) is 5.24. The molecule has 0 aromatic heterocycles. The number of hydrogen-bond acceptors (Lipinski definition) is 5. The highest BCUT2D eigenvalue weighted by Crippen LogP contribution is 2.39. The molecular formula is C23H16ClF3N3O4S-. The van der Waals surface area contributed by atoms with E-state index >= 15 is 0 Å². The van der Waals surface area contributed by atoms with Crippen molar-refractivity contribution in [3.63, 3.8) is 0 Å². The molecular weight excluding hydrogens is 507 g/mol. The monoisotopic (exact) mass is 522 g/mol. The highest BCUT2D eigenvalue weighted by atomic mass is 35.5. The molecule has 0 bridgehead atoms. The Kier molecular flexibility index (Phi) is 8.01. The summed E-state index contributed by atoms with van der Waals surface area (Å²) in [6.45, 7) is 0. The van der Waals surface area contributed by atoms with E-state index in [0.717, 1.165) is 10.4 Å². The molecule has 1 atom stereocenters. The topological polar surface area (TPSA) is 105 Å². The second-order valence-corrected chi connectivity index (χ2v) is 8.27. The summed E-state index contributed by atoms with van der Waals surface area (Å²) in [5, 5.41) is 11.5. The number of nitrogens with one attached hydrogen (secondary N) is 1. The summed E-state index contributed by atoms with van der Waals surface area (Å²) in [6, 6.07) is 14.8. The second-order valence-electron chi connectivity index (χ2n) is 7.06. The number of nitriles is 1. The van der Waals surface area contributed by atoms with Gasteiger partial charge in [0.05, 0.1) is 45.2 Å². The van der Waals surface area contributed by atoms with E-state index in [1.54, 1.807) is 12.1 Å². The number of amides is 1. The van der Waals surface area contributed by atoms with E-state index in [0.29, 0.717) is 11.6 Å². The SMILES string of the molecule is CNC(=O)Cc1ccc(N(c2ccc(Oc3ccc(Cl)c(C(F)(F)F)c3)c(C#N)c2)S(=O)[O-])cc1. The molecule has 0 saturated carbocycles. The third-order valence-electron chi connectivity index (χ3n) is 4.75. The fraction of sp³-hybridized carbons (Fsp3) is 0.130. The van der Waals surface area contributed by atoms with Gasteiger partial charge in [-0.25, -0.2) is 0 Å². The average molecular weight is 523 g/mol. The van der Waals surface area contributed by atoms with Crippen LogP contribution in [0.15, 0.2) is 60.7 Å². The first-order valence-corrected chi connectivity index (χ1v) is 11.2. The first-order chi connectivity index (χ1) is 16.5. The minimum Gasteiger partial charge on any atom is -0.755 e. The van der Waals surface area contributed by atoms with Gasteiger partial charge in [0.1, 0.15) is 17.6 Å². The molecule has 12 heteroatoms. The number of likely N-dealkylation sites (N-methyl/N-ethyl adjacent to an activating group) is 1. The number of anilines is 2. The van der Waals surface area contributed by atoms with Crippen molar-refractivity contribution >= 4 is 40.1 Å². The van der Waals surface area contributed by atoms with Crippen molar-refractivity contribution in [1.29, 1.82) is 5.26 Å². The normalized spacial score (nSPS) is 11.9. The van der Waals surface area contributed by atoms with Gasteiger partial charge in [0.15, 0.2) is 0 Å². The summed E-state index contributed by atoms with van der Waals surface area (Å²) < 4.78 is 69.7. The maximum atomic E-state index is 13.1. The van der Waals surface area contributed by atoms with E-state index < -0.39 is 28.0 Å². The van der Waals surface area contributed by atoms with Crippen molar-refractivity contribution in [1.82, 2.24) is 5.32 Å². The number of alkyl halides is 3. The van der Waals surface area contributed by atoms with E-state index in [1.807, 2.05) is 6.07 Å². The molecule has 1 amide bonds. The zero-order chi connectivity index (χ0) is 25.8. The predicted molar refractivity (Wildman–Crippen MR) is 123 cm³/mol. The molecule has 0 aliphatic rings. The van der Waals surface area contributed by atoms with Crippen LogP contribution in [0.1, 0.15) is 16.7 Å². The molecule has 3 aromatic rings. The molecule has 3 aromatic carbocycles.